The van der Waals surface area contributed by atoms with Gasteiger partial charge >= 0.3 is 0 Å². The van der Waals surface area contributed by atoms with E-state index in [0.717, 1.165) is 24.6 Å². The van der Waals surface area contributed by atoms with Gasteiger partial charge < -0.3 is 5.11 Å². The maximum absolute atomic E-state index is 10.2. The molecule has 2 heteroatoms. The summed E-state index contributed by atoms with van der Waals surface area (Å²) in [7, 11) is -1.90. The third kappa shape index (κ3) is 5.51. The minimum Gasteiger partial charge on any atom is -0.393 e. The van der Waals surface area contributed by atoms with E-state index in [-0.39, 0.29) is 11.5 Å². The fourth-order valence-electron chi connectivity index (χ4n) is 5.37. The third-order valence-electron chi connectivity index (χ3n) is 7.04. The zero-order valence-electron chi connectivity index (χ0n) is 21.3. The standard InChI is InChI=1S/C33H36OP/c1-26(20-21-32-27(2)24-28(34)25-33(32,3)4)22-23-35(29-14-8-5-9-15-29,30-16-10-6-11-17-30)31-18-12-7-13-19-31/h5-19,22,28,34H,23-25H2,1-4H3/q+1/b26-22-/t28-/m1/s1. The lowest BCUT2D eigenvalue weighted by molar-refractivity contribution is 0.117. The molecule has 0 heterocycles. The molecular weight excluding hydrogens is 443 g/mol. The van der Waals surface area contributed by atoms with E-state index in [1.165, 1.54) is 27.1 Å². The highest BCUT2D eigenvalue weighted by molar-refractivity contribution is 7.95. The van der Waals surface area contributed by atoms with Gasteiger partial charge in [0.15, 0.2) is 0 Å². The van der Waals surface area contributed by atoms with Crippen molar-refractivity contribution in [3.8, 4) is 11.8 Å². The number of allylic oxidation sites excluding steroid dienone is 3. The Hall–Kier alpha value is -2.91. The molecule has 0 fully saturated rings. The Balaban J connectivity index is 1.78. The fourth-order valence-corrected chi connectivity index (χ4v) is 9.49. The van der Waals surface area contributed by atoms with Crippen LogP contribution in [0.25, 0.3) is 0 Å². The zero-order valence-corrected chi connectivity index (χ0v) is 22.2. The van der Waals surface area contributed by atoms with E-state index in [9.17, 15) is 5.11 Å². The highest BCUT2D eigenvalue weighted by Gasteiger charge is 2.44. The van der Waals surface area contributed by atoms with Gasteiger partial charge in [0.05, 0.1) is 12.3 Å². The number of hydrogen-bond acceptors (Lipinski definition) is 1. The van der Waals surface area contributed by atoms with Crippen LogP contribution in [0.5, 0.6) is 0 Å². The lowest BCUT2D eigenvalue weighted by atomic mass is 9.72. The molecule has 1 aliphatic rings. The second kappa shape index (κ2) is 10.8. The van der Waals surface area contributed by atoms with Gasteiger partial charge in [-0.15, -0.1) is 0 Å². The SMILES string of the molecule is CC1=C(C#C/C(C)=C\C[P+](c2ccccc2)(c2ccccc2)c2ccccc2)C(C)(C)C[C@H](O)C1. The molecule has 0 aliphatic heterocycles. The van der Waals surface area contributed by atoms with Crippen molar-refractivity contribution >= 4 is 23.2 Å². The Morgan fingerprint density at radius 1 is 0.886 bits per heavy atom. The molecule has 0 amide bonds. The summed E-state index contributed by atoms with van der Waals surface area (Å²) in [6, 6.07) is 32.9. The Morgan fingerprint density at radius 2 is 1.34 bits per heavy atom. The number of benzene rings is 3. The fraction of sp³-hybridized carbons (Fsp3) is 0.273. The second-order valence-corrected chi connectivity index (χ2v) is 13.8. The van der Waals surface area contributed by atoms with Crippen LogP contribution < -0.4 is 15.9 Å². The Bertz CT molecular complexity index is 1160. The lowest BCUT2D eigenvalue weighted by Gasteiger charge is -2.34. The van der Waals surface area contributed by atoms with Crippen LogP contribution in [-0.2, 0) is 0 Å². The van der Waals surface area contributed by atoms with Crippen molar-refractivity contribution < 1.29 is 5.11 Å². The molecule has 0 saturated carbocycles. The van der Waals surface area contributed by atoms with Crippen molar-refractivity contribution in [2.75, 3.05) is 6.16 Å². The first-order chi connectivity index (χ1) is 16.8. The molecule has 0 radical (unpaired) electrons. The summed E-state index contributed by atoms with van der Waals surface area (Å²) in [6.45, 7) is 8.63. The predicted molar refractivity (Wildman–Crippen MR) is 153 cm³/mol. The molecule has 1 aliphatic carbocycles. The molecule has 1 nitrogen and oxygen atoms in total. The summed E-state index contributed by atoms with van der Waals surface area (Å²) in [5, 5.41) is 14.4. The average molecular weight is 480 g/mol. The van der Waals surface area contributed by atoms with E-state index in [1.807, 2.05) is 0 Å². The summed E-state index contributed by atoms with van der Waals surface area (Å²) in [6.07, 6.45) is 4.49. The molecule has 0 aromatic heterocycles. The van der Waals surface area contributed by atoms with Crippen LogP contribution in [-0.4, -0.2) is 17.4 Å². The van der Waals surface area contributed by atoms with Gasteiger partial charge in [0.1, 0.15) is 23.2 Å². The molecule has 0 unspecified atom stereocenters. The molecule has 1 atom stereocenters. The van der Waals surface area contributed by atoms with Crippen molar-refractivity contribution in [1.29, 1.82) is 0 Å². The first kappa shape index (κ1) is 25.2. The molecular formula is C33H36OP+. The maximum Gasteiger partial charge on any atom is 0.116 e. The minimum absolute atomic E-state index is 0.0933. The van der Waals surface area contributed by atoms with Gasteiger partial charge in [-0.1, -0.05) is 85.9 Å². The normalized spacial score (nSPS) is 18.1. The van der Waals surface area contributed by atoms with E-state index >= 15 is 0 Å². The van der Waals surface area contributed by atoms with Crippen LogP contribution in [0.1, 0.15) is 40.5 Å². The largest absolute Gasteiger partial charge is 0.393 e. The van der Waals surface area contributed by atoms with E-state index < -0.39 is 7.26 Å². The molecule has 1 N–H and O–H groups in total. The van der Waals surface area contributed by atoms with Gasteiger partial charge in [-0.3, -0.25) is 0 Å². The van der Waals surface area contributed by atoms with Gasteiger partial charge in [0, 0.05) is 11.0 Å². The first-order valence-corrected chi connectivity index (χ1v) is 14.4. The number of hydrogen-bond donors (Lipinski definition) is 1. The summed E-state index contributed by atoms with van der Waals surface area (Å²) in [4.78, 5) is 0. The van der Waals surface area contributed by atoms with Gasteiger partial charge in [-0.05, 0) is 74.7 Å². The van der Waals surface area contributed by atoms with E-state index in [2.05, 4.69) is 137 Å². The minimum atomic E-state index is -1.90. The van der Waals surface area contributed by atoms with Crippen LogP contribution >= 0.6 is 7.26 Å². The molecule has 4 rings (SSSR count). The van der Waals surface area contributed by atoms with Gasteiger partial charge in [-0.2, -0.15) is 0 Å². The van der Waals surface area contributed by atoms with Gasteiger partial charge in [-0.25, -0.2) is 0 Å². The van der Waals surface area contributed by atoms with Crippen molar-refractivity contribution in [3.63, 3.8) is 0 Å². The second-order valence-electron chi connectivity index (χ2n) is 10.2. The Labute approximate surface area is 212 Å². The molecule has 35 heavy (non-hydrogen) atoms. The quantitative estimate of drug-likeness (QED) is 0.330. The van der Waals surface area contributed by atoms with Crippen LogP contribution in [0, 0.1) is 17.3 Å². The van der Waals surface area contributed by atoms with E-state index in [0.29, 0.717) is 0 Å². The van der Waals surface area contributed by atoms with Crippen LogP contribution in [0.2, 0.25) is 0 Å². The molecule has 0 spiro atoms. The smallest absolute Gasteiger partial charge is 0.116 e. The van der Waals surface area contributed by atoms with E-state index in [1.54, 1.807) is 0 Å². The van der Waals surface area contributed by atoms with Crippen molar-refractivity contribution in [3.05, 3.63) is 114 Å². The molecule has 0 bridgehead atoms. The number of aliphatic hydroxyl groups excluding tert-OH is 1. The summed E-state index contributed by atoms with van der Waals surface area (Å²) >= 11 is 0. The molecule has 0 saturated heterocycles. The zero-order chi connectivity index (χ0) is 24.9. The first-order valence-electron chi connectivity index (χ1n) is 12.4. The Kier molecular flexibility index (Phi) is 7.76. The van der Waals surface area contributed by atoms with Gasteiger partial charge in [0.25, 0.3) is 0 Å². The van der Waals surface area contributed by atoms with Crippen LogP contribution in [0.3, 0.4) is 0 Å². The summed E-state index contributed by atoms with van der Waals surface area (Å²) in [5.41, 5.74) is 3.41. The predicted octanol–water partition coefficient (Wildman–Crippen LogP) is 6.43. The third-order valence-corrected chi connectivity index (χ3v) is 11.3. The van der Waals surface area contributed by atoms with Crippen molar-refractivity contribution in [2.24, 2.45) is 5.41 Å². The summed E-state index contributed by atoms with van der Waals surface area (Å²) < 4.78 is 0. The van der Waals surface area contributed by atoms with E-state index in [4.69, 9.17) is 0 Å². The number of rotatable bonds is 5. The Morgan fingerprint density at radius 3 is 1.77 bits per heavy atom. The number of aliphatic hydroxyl groups is 1. The molecule has 3 aromatic rings. The highest BCUT2D eigenvalue weighted by atomic mass is 31.2. The van der Waals surface area contributed by atoms with Crippen molar-refractivity contribution in [1.82, 2.24) is 0 Å². The average Bonchev–Trinajstić information content (AvgIpc) is 2.85. The van der Waals surface area contributed by atoms with Gasteiger partial charge in [0.2, 0.25) is 0 Å². The van der Waals surface area contributed by atoms with Crippen LogP contribution in [0.4, 0.5) is 0 Å². The maximum atomic E-state index is 10.2. The molecule has 3 aromatic carbocycles. The van der Waals surface area contributed by atoms with Crippen LogP contribution in [0.15, 0.2) is 114 Å². The van der Waals surface area contributed by atoms with Crippen molar-refractivity contribution in [2.45, 2.75) is 46.6 Å². The lowest BCUT2D eigenvalue weighted by Crippen LogP contribution is -2.33. The highest BCUT2D eigenvalue weighted by Crippen LogP contribution is 2.55. The molecule has 178 valence electrons. The monoisotopic (exact) mass is 479 g/mol. The topological polar surface area (TPSA) is 20.2 Å². The summed E-state index contributed by atoms with van der Waals surface area (Å²) in [5.74, 6) is 6.97.